The summed E-state index contributed by atoms with van der Waals surface area (Å²) in [6, 6.07) is 4.11. The smallest absolute Gasteiger partial charge is 0.223 e. The van der Waals surface area contributed by atoms with Crippen molar-refractivity contribution in [1.82, 2.24) is 14.9 Å². The Bertz CT molecular complexity index is 894. The number of hydrogen-bond acceptors (Lipinski definition) is 6. The highest BCUT2D eigenvalue weighted by Crippen LogP contribution is 2.34. The van der Waals surface area contributed by atoms with Gasteiger partial charge in [-0.2, -0.15) is 0 Å². The Morgan fingerprint density at radius 1 is 1.07 bits per heavy atom. The van der Waals surface area contributed by atoms with Crippen LogP contribution in [0.1, 0.15) is 48.3 Å². The summed E-state index contributed by atoms with van der Waals surface area (Å²) in [5.41, 5.74) is 5.39. The normalized spacial score (nSPS) is 13.2. The minimum absolute atomic E-state index is 0.167. The molecule has 0 saturated carbocycles. The number of amides is 1. The molecule has 0 N–H and O–H groups in total. The highest BCUT2D eigenvalue weighted by molar-refractivity contribution is 7.98. The highest BCUT2D eigenvalue weighted by Gasteiger charge is 2.23. The Hall–Kier alpha value is -2.28. The fraction of sp³-hybridized carbons (Fsp3) is 0.522. The summed E-state index contributed by atoms with van der Waals surface area (Å²) in [7, 11) is 0. The maximum atomic E-state index is 12.9. The molecule has 0 aliphatic carbocycles. The third-order valence-corrected chi connectivity index (χ3v) is 5.95. The molecule has 0 fully saturated rings. The second-order valence-corrected chi connectivity index (χ2v) is 8.13. The van der Waals surface area contributed by atoms with Gasteiger partial charge in [-0.05, 0) is 75.6 Å². The molecule has 2 aromatic rings. The fourth-order valence-corrected chi connectivity index (χ4v) is 4.32. The molecule has 1 aliphatic rings. The number of carbonyl (C=O) groups is 1. The second-order valence-electron chi connectivity index (χ2n) is 7.36. The number of fused-ring (bicyclic) bond motifs is 1. The van der Waals surface area contributed by atoms with Gasteiger partial charge in [-0.3, -0.25) is 4.79 Å². The number of hydrogen-bond donors (Lipinski definition) is 0. The van der Waals surface area contributed by atoms with Gasteiger partial charge >= 0.3 is 0 Å². The lowest BCUT2D eigenvalue weighted by Gasteiger charge is -2.30. The lowest BCUT2D eigenvalue weighted by atomic mass is 9.98. The van der Waals surface area contributed by atoms with Crippen LogP contribution in [0.15, 0.2) is 17.3 Å². The van der Waals surface area contributed by atoms with Crippen molar-refractivity contribution in [2.75, 3.05) is 26.0 Å². The minimum atomic E-state index is 0.167. The molecule has 1 aliphatic heterocycles. The first kappa shape index (κ1) is 22.4. The number of aromatic nitrogens is 2. The van der Waals surface area contributed by atoms with E-state index in [9.17, 15) is 4.79 Å². The summed E-state index contributed by atoms with van der Waals surface area (Å²) in [4.78, 5) is 23.9. The van der Waals surface area contributed by atoms with Gasteiger partial charge in [0, 0.05) is 30.9 Å². The van der Waals surface area contributed by atoms with Crippen LogP contribution >= 0.6 is 11.8 Å². The van der Waals surface area contributed by atoms with E-state index in [2.05, 4.69) is 16.0 Å². The van der Waals surface area contributed by atoms with Crippen LogP contribution in [-0.2, 0) is 24.2 Å². The second kappa shape index (κ2) is 10.2. The first-order valence-electron chi connectivity index (χ1n) is 10.5. The molecule has 3 rings (SSSR count). The maximum absolute atomic E-state index is 12.9. The molecular weight excluding hydrogens is 398 g/mol. The van der Waals surface area contributed by atoms with Crippen LogP contribution in [0.3, 0.4) is 0 Å². The molecule has 2 heterocycles. The van der Waals surface area contributed by atoms with E-state index in [1.807, 2.05) is 44.9 Å². The third kappa shape index (κ3) is 5.06. The average Bonchev–Trinajstić information content (AvgIpc) is 2.73. The predicted octanol–water partition coefficient (Wildman–Crippen LogP) is 4.13. The summed E-state index contributed by atoms with van der Waals surface area (Å²) in [5.74, 6) is 1.71. The van der Waals surface area contributed by atoms with Crippen LogP contribution < -0.4 is 9.47 Å². The van der Waals surface area contributed by atoms with Crippen molar-refractivity contribution >= 4 is 17.7 Å². The van der Waals surface area contributed by atoms with Crippen LogP contribution in [0.5, 0.6) is 11.5 Å². The van der Waals surface area contributed by atoms with E-state index in [0.717, 1.165) is 52.1 Å². The summed E-state index contributed by atoms with van der Waals surface area (Å²) < 4.78 is 11.5. The largest absolute Gasteiger partial charge is 0.490 e. The summed E-state index contributed by atoms with van der Waals surface area (Å²) >= 11 is 1.54. The van der Waals surface area contributed by atoms with Gasteiger partial charge in [0.15, 0.2) is 16.7 Å². The molecule has 6 nitrogen and oxygen atoms in total. The van der Waals surface area contributed by atoms with Crippen molar-refractivity contribution in [3.63, 3.8) is 0 Å². The molecule has 0 radical (unpaired) electrons. The number of rotatable bonds is 8. The first-order valence-corrected chi connectivity index (χ1v) is 11.8. The SMILES string of the molecule is CCOc1cc2c(cc1OCC)CN(C(=O)CCc1c(C)nc(SC)nc1C)CC2. The topological polar surface area (TPSA) is 64.6 Å². The summed E-state index contributed by atoms with van der Waals surface area (Å²) in [5, 5.41) is 0.782. The first-order chi connectivity index (χ1) is 14.5. The van der Waals surface area contributed by atoms with Gasteiger partial charge < -0.3 is 14.4 Å². The number of aryl methyl sites for hydroxylation is 2. The molecule has 7 heteroatoms. The zero-order valence-electron chi connectivity index (χ0n) is 18.6. The van der Waals surface area contributed by atoms with Gasteiger partial charge in [0.05, 0.1) is 13.2 Å². The van der Waals surface area contributed by atoms with Gasteiger partial charge in [-0.1, -0.05) is 11.8 Å². The predicted molar refractivity (Wildman–Crippen MR) is 120 cm³/mol. The molecule has 0 unspecified atom stereocenters. The molecule has 1 aromatic carbocycles. The molecule has 1 aromatic heterocycles. The van der Waals surface area contributed by atoms with E-state index in [4.69, 9.17) is 9.47 Å². The lowest BCUT2D eigenvalue weighted by Crippen LogP contribution is -2.36. The molecule has 162 valence electrons. The minimum Gasteiger partial charge on any atom is -0.490 e. The molecule has 0 bridgehead atoms. The maximum Gasteiger partial charge on any atom is 0.223 e. The van der Waals surface area contributed by atoms with Crippen molar-refractivity contribution < 1.29 is 14.3 Å². The number of carbonyl (C=O) groups excluding carboxylic acids is 1. The van der Waals surface area contributed by atoms with Gasteiger partial charge in [-0.25, -0.2) is 9.97 Å². The summed E-state index contributed by atoms with van der Waals surface area (Å²) in [6.45, 7) is 10.4. The quantitative estimate of drug-likeness (QED) is 0.464. The van der Waals surface area contributed by atoms with Crippen molar-refractivity contribution in [1.29, 1.82) is 0 Å². The van der Waals surface area contributed by atoms with E-state index in [0.29, 0.717) is 32.6 Å². The standard InChI is InChI=1S/C23H31N3O3S/c1-6-28-20-12-17-10-11-26(14-18(17)13-21(20)29-7-2)22(27)9-8-19-15(3)24-23(30-5)25-16(19)4/h12-13H,6-11,14H2,1-5H3. The molecule has 0 spiro atoms. The van der Waals surface area contributed by atoms with E-state index < -0.39 is 0 Å². The number of nitrogens with zero attached hydrogens (tertiary/aromatic N) is 3. The highest BCUT2D eigenvalue weighted by atomic mass is 32.2. The van der Waals surface area contributed by atoms with E-state index in [-0.39, 0.29) is 5.91 Å². The van der Waals surface area contributed by atoms with Gasteiger partial charge in [-0.15, -0.1) is 0 Å². The lowest BCUT2D eigenvalue weighted by molar-refractivity contribution is -0.132. The van der Waals surface area contributed by atoms with Crippen LogP contribution in [0.4, 0.5) is 0 Å². The van der Waals surface area contributed by atoms with Crippen LogP contribution in [0, 0.1) is 13.8 Å². The van der Waals surface area contributed by atoms with Crippen LogP contribution in [0.25, 0.3) is 0 Å². The number of benzene rings is 1. The Morgan fingerprint density at radius 3 is 2.23 bits per heavy atom. The fourth-order valence-electron chi connectivity index (χ4n) is 3.87. The zero-order valence-corrected chi connectivity index (χ0v) is 19.4. The van der Waals surface area contributed by atoms with Gasteiger partial charge in [0.1, 0.15) is 0 Å². The van der Waals surface area contributed by atoms with E-state index in [1.165, 1.54) is 17.3 Å². The van der Waals surface area contributed by atoms with E-state index in [1.54, 1.807) is 0 Å². The van der Waals surface area contributed by atoms with Crippen molar-refractivity contribution in [3.8, 4) is 11.5 Å². The molecule has 0 saturated heterocycles. The van der Waals surface area contributed by atoms with Crippen molar-refractivity contribution in [2.45, 2.75) is 58.7 Å². The monoisotopic (exact) mass is 429 g/mol. The average molecular weight is 430 g/mol. The Morgan fingerprint density at radius 2 is 1.67 bits per heavy atom. The molecule has 0 atom stereocenters. The Kier molecular flexibility index (Phi) is 7.58. The zero-order chi connectivity index (χ0) is 21.7. The van der Waals surface area contributed by atoms with E-state index >= 15 is 0 Å². The van der Waals surface area contributed by atoms with Gasteiger partial charge in [0.2, 0.25) is 5.91 Å². The number of ether oxygens (including phenoxy) is 2. The van der Waals surface area contributed by atoms with Crippen LogP contribution in [-0.4, -0.2) is 46.8 Å². The van der Waals surface area contributed by atoms with Gasteiger partial charge in [0.25, 0.3) is 0 Å². The van der Waals surface area contributed by atoms with Crippen molar-refractivity contribution in [2.24, 2.45) is 0 Å². The van der Waals surface area contributed by atoms with Crippen molar-refractivity contribution in [3.05, 3.63) is 40.2 Å². The Labute approximate surface area is 183 Å². The number of thioether (sulfide) groups is 1. The summed E-state index contributed by atoms with van der Waals surface area (Å²) in [6.07, 6.45) is 3.94. The Balaban J connectivity index is 1.69. The third-order valence-electron chi connectivity index (χ3n) is 5.40. The molecule has 30 heavy (non-hydrogen) atoms. The van der Waals surface area contributed by atoms with Crippen LogP contribution in [0.2, 0.25) is 0 Å². The molecule has 1 amide bonds. The molecular formula is C23H31N3O3S.